The highest BCUT2D eigenvalue weighted by Gasteiger charge is 2.35. The van der Waals surface area contributed by atoms with Gasteiger partial charge in [-0.2, -0.15) is 0 Å². The van der Waals surface area contributed by atoms with Crippen molar-refractivity contribution in [3.05, 3.63) is 0 Å². The first-order valence-electron chi connectivity index (χ1n) is 4.18. The van der Waals surface area contributed by atoms with Crippen molar-refractivity contribution in [2.75, 3.05) is 27.4 Å². The van der Waals surface area contributed by atoms with Gasteiger partial charge < -0.3 is 19.9 Å². The normalized spacial score (nSPS) is 28.8. The summed E-state index contributed by atoms with van der Waals surface area (Å²) in [5.41, 5.74) is 5.47. The molecule has 1 aliphatic heterocycles. The molecule has 4 nitrogen and oxygen atoms in total. The summed E-state index contributed by atoms with van der Waals surface area (Å²) < 4.78 is 15.9. The van der Waals surface area contributed by atoms with Crippen LogP contribution in [0.2, 0.25) is 0 Å². The first-order valence-corrected chi connectivity index (χ1v) is 4.18. The molecule has 0 aliphatic carbocycles. The van der Waals surface area contributed by atoms with Crippen LogP contribution in [0.1, 0.15) is 12.8 Å². The van der Waals surface area contributed by atoms with Crippen molar-refractivity contribution in [1.82, 2.24) is 0 Å². The average molecular weight is 175 g/mol. The van der Waals surface area contributed by atoms with Crippen LogP contribution >= 0.6 is 0 Å². The zero-order chi connectivity index (χ0) is 9.03. The maximum absolute atomic E-state index is 5.47. The summed E-state index contributed by atoms with van der Waals surface area (Å²) in [4.78, 5) is 0. The van der Waals surface area contributed by atoms with Gasteiger partial charge in [0.1, 0.15) is 6.61 Å². The van der Waals surface area contributed by atoms with Gasteiger partial charge in [0.05, 0.1) is 6.10 Å². The van der Waals surface area contributed by atoms with Gasteiger partial charge in [-0.1, -0.05) is 0 Å². The first kappa shape index (κ1) is 9.92. The number of methoxy groups -OCH3 is 2. The molecule has 0 aromatic heterocycles. The standard InChI is InChI=1S/C8H17NO3/c1-10-8(11-2)4-3-7(5-9)12-6-8/h7H,3-6,9H2,1-2H3. The van der Waals surface area contributed by atoms with Crippen LogP contribution in [0, 0.1) is 0 Å². The second-order valence-electron chi connectivity index (χ2n) is 3.03. The lowest BCUT2D eigenvalue weighted by atomic mass is 10.0. The van der Waals surface area contributed by atoms with E-state index >= 15 is 0 Å². The van der Waals surface area contributed by atoms with Gasteiger partial charge >= 0.3 is 0 Å². The molecule has 0 saturated carbocycles. The third-order valence-electron chi connectivity index (χ3n) is 2.39. The smallest absolute Gasteiger partial charge is 0.191 e. The fourth-order valence-electron chi connectivity index (χ4n) is 1.37. The summed E-state index contributed by atoms with van der Waals surface area (Å²) in [6.45, 7) is 1.05. The lowest BCUT2D eigenvalue weighted by Gasteiger charge is -2.37. The lowest BCUT2D eigenvalue weighted by Crippen LogP contribution is -2.46. The molecule has 0 radical (unpaired) electrons. The Morgan fingerprint density at radius 2 is 2.17 bits per heavy atom. The van der Waals surface area contributed by atoms with E-state index in [9.17, 15) is 0 Å². The first-order chi connectivity index (χ1) is 5.76. The van der Waals surface area contributed by atoms with Crippen molar-refractivity contribution in [3.63, 3.8) is 0 Å². The van der Waals surface area contributed by atoms with E-state index in [1.54, 1.807) is 14.2 Å². The Kier molecular flexibility index (Phi) is 3.46. The van der Waals surface area contributed by atoms with Crippen LogP contribution in [0.25, 0.3) is 0 Å². The maximum Gasteiger partial charge on any atom is 0.191 e. The SMILES string of the molecule is COC1(OC)CCC(CN)OC1. The molecule has 1 aliphatic rings. The van der Waals surface area contributed by atoms with Crippen LogP contribution in [0.3, 0.4) is 0 Å². The minimum Gasteiger partial charge on any atom is -0.371 e. The number of nitrogens with two attached hydrogens (primary N) is 1. The summed E-state index contributed by atoms with van der Waals surface area (Å²) in [5.74, 6) is -0.536. The molecule has 1 heterocycles. The van der Waals surface area contributed by atoms with E-state index in [2.05, 4.69) is 0 Å². The molecule has 0 amide bonds. The van der Waals surface area contributed by atoms with Crippen molar-refractivity contribution in [3.8, 4) is 0 Å². The van der Waals surface area contributed by atoms with Gasteiger partial charge in [-0.15, -0.1) is 0 Å². The molecule has 2 N–H and O–H groups in total. The van der Waals surface area contributed by atoms with E-state index in [4.69, 9.17) is 19.9 Å². The number of ether oxygens (including phenoxy) is 3. The summed E-state index contributed by atoms with van der Waals surface area (Å²) in [5, 5.41) is 0. The third-order valence-corrected chi connectivity index (χ3v) is 2.39. The summed E-state index contributed by atoms with van der Waals surface area (Å²) in [7, 11) is 3.27. The van der Waals surface area contributed by atoms with E-state index in [0.29, 0.717) is 13.2 Å². The van der Waals surface area contributed by atoms with E-state index in [0.717, 1.165) is 12.8 Å². The van der Waals surface area contributed by atoms with Crippen LogP contribution in [0.15, 0.2) is 0 Å². The lowest BCUT2D eigenvalue weighted by molar-refractivity contribution is -0.266. The summed E-state index contributed by atoms with van der Waals surface area (Å²) in [6.07, 6.45) is 1.92. The predicted molar refractivity (Wildman–Crippen MR) is 44.8 cm³/mol. The van der Waals surface area contributed by atoms with Crippen LogP contribution in [-0.2, 0) is 14.2 Å². The van der Waals surface area contributed by atoms with Crippen molar-refractivity contribution in [2.24, 2.45) is 5.73 Å². The minimum absolute atomic E-state index is 0.170. The van der Waals surface area contributed by atoms with Crippen molar-refractivity contribution in [2.45, 2.75) is 24.7 Å². The average Bonchev–Trinajstić information content (AvgIpc) is 2.18. The molecule has 0 aromatic rings. The predicted octanol–water partition coefficient (Wildman–Crippen LogP) is 0.113. The highest BCUT2D eigenvalue weighted by Crippen LogP contribution is 2.26. The molecule has 1 atom stereocenters. The molecule has 0 bridgehead atoms. The Balaban J connectivity index is 2.42. The van der Waals surface area contributed by atoms with Gasteiger partial charge in [0.25, 0.3) is 0 Å². The zero-order valence-electron chi connectivity index (χ0n) is 7.71. The quantitative estimate of drug-likeness (QED) is 0.619. The zero-order valence-corrected chi connectivity index (χ0v) is 7.71. The molecule has 72 valence electrons. The third kappa shape index (κ3) is 1.95. The molecule has 0 spiro atoms. The fourth-order valence-corrected chi connectivity index (χ4v) is 1.37. The Bertz CT molecular complexity index is 126. The molecular weight excluding hydrogens is 158 g/mol. The molecule has 4 heteroatoms. The maximum atomic E-state index is 5.47. The highest BCUT2D eigenvalue weighted by atomic mass is 16.7. The molecule has 1 unspecified atom stereocenters. The van der Waals surface area contributed by atoms with Gasteiger partial charge in [0.15, 0.2) is 5.79 Å². The van der Waals surface area contributed by atoms with Crippen LogP contribution in [-0.4, -0.2) is 39.3 Å². The van der Waals surface area contributed by atoms with E-state index in [1.165, 1.54) is 0 Å². The Morgan fingerprint density at radius 1 is 1.50 bits per heavy atom. The van der Waals surface area contributed by atoms with Crippen molar-refractivity contribution in [1.29, 1.82) is 0 Å². The second kappa shape index (κ2) is 4.18. The van der Waals surface area contributed by atoms with Gasteiger partial charge in [-0.25, -0.2) is 0 Å². The Hall–Kier alpha value is -0.160. The largest absolute Gasteiger partial charge is 0.371 e. The minimum atomic E-state index is -0.536. The Labute approximate surface area is 73.0 Å². The monoisotopic (exact) mass is 175 g/mol. The molecule has 1 rings (SSSR count). The molecular formula is C8H17NO3. The van der Waals surface area contributed by atoms with Crippen LogP contribution < -0.4 is 5.73 Å². The van der Waals surface area contributed by atoms with Gasteiger partial charge in [-0.05, 0) is 6.42 Å². The topological polar surface area (TPSA) is 53.7 Å². The Morgan fingerprint density at radius 3 is 2.50 bits per heavy atom. The van der Waals surface area contributed by atoms with Crippen LogP contribution in [0.4, 0.5) is 0 Å². The highest BCUT2D eigenvalue weighted by molar-refractivity contribution is 4.77. The van der Waals surface area contributed by atoms with E-state index in [-0.39, 0.29) is 6.10 Å². The second-order valence-corrected chi connectivity index (χ2v) is 3.03. The number of rotatable bonds is 3. The molecule has 1 fully saturated rings. The molecule has 12 heavy (non-hydrogen) atoms. The summed E-state index contributed by atoms with van der Waals surface area (Å²) >= 11 is 0. The molecule has 0 aromatic carbocycles. The van der Waals surface area contributed by atoms with Gasteiger partial charge in [0, 0.05) is 27.2 Å². The van der Waals surface area contributed by atoms with Crippen molar-refractivity contribution < 1.29 is 14.2 Å². The van der Waals surface area contributed by atoms with E-state index in [1.807, 2.05) is 0 Å². The fraction of sp³-hybridized carbons (Fsp3) is 1.00. The van der Waals surface area contributed by atoms with Crippen LogP contribution in [0.5, 0.6) is 0 Å². The summed E-state index contributed by atoms with van der Waals surface area (Å²) in [6, 6.07) is 0. The number of hydrogen-bond donors (Lipinski definition) is 1. The van der Waals surface area contributed by atoms with Gasteiger partial charge in [-0.3, -0.25) is 0 Å². The van der Waals surface area contributed by atoms with Gasteiger partial charge in [0.2, 0.25) is 0 Å². The van der Waals surface area contributed by atoms with Crippen molar-refractivity contribution >= 4 is 0 Å². The number of hydrogen-bond acceptors (Lipinski definition) is 4. The van der Waals surface area contributed by atoms with E-state index < -0.39 is 5.79 Å². The molecule has 1 saturated heterocycles.